The highest BCUT2D eigenvalue weighted by Gasteiger charge is 2.37. The Morgan fingerprint density at radius 2 is 2.03 bits per heavy atom. The van der Waals surface area contributed by atoms with E-state index in [9.17, 15) is 4.79 Å². The van der Waals surface area contributed by atoms with E-state index in [0.717, 1.165) is 17.7 Å². The van der Waals surface area contributed by atoms with Crippen molar-refractivity contribution in [2.24, 2.45) is 7.05 Å². The number of hydrogen-bond donors (Lipinski definition) is 0. The van der Waals surface area contributed by atoms with Crippen LogP contribution in [0.1, 0.15) is 28.4 Å². The van der Waals surface area contributed by atoms with Crippen LogP contribution in [0.15, 0.2) is 55.0 Å². The van der Waals surface area contributed by atoms with Gasteiger partial charge in [0, 0.05) is 43.8 Å². The summed E-state index contributed by atoms with van der Waals surface area (Å²) in [6, 6.07) is 11.8. The van der Waals surface area contributed by atoms with Crippen molar-refractivity contribution >= 4 is 17.4 Å². The van der Waals surface area contributed by atoms with E-state index in [1.54, 1.807) is 10.9 Å². The van der Waals surface area contributed by atoms with E-state index >= 15 is 0 Å². The van der Waals surface area contributed by atoms with Gasteiger partial charge in [0.2, 0.25) is 0 Å². The zero-order valence-corrected chi connectivity index (χ0v) is 17.3. The minimum absolute atomic E-state index is 0.00220. The zero-order chi connectivity index (χ0) is 20.7. The Hall–Kier alpha value is -3.19. The topological polar surface area (TPSA) is 63.5 Å². The molecule has 1 amide bonds. The maximum atomic E-state index is 13.5. The van der Waals surface area contributed by atoms with E-state index in [2.05, 4.69) is 28.0 Å². The Morgan fingerprint density at radius 1 is 1.17 bits per heavy atom. The SMILES string of the molecule is Cn1cc(C2(C)CN(c3ncccc3C(=O)N3CCc4ccccc43)CCO2)cn1. The molecule has 0 N–H and O–H groups in total. The van der Waals surface area contributed by atoms with Gasteiger partial charge in [0.1, 0.15) is 11.4 Å². The van der Waals surface area contributed by atoms with E-state index in [-0.39, 0.29) is 5.91 Å². The average Bonchev–Trinajstić information content (AvgIpc) is 3.40. The zero-order valence-electron chi connectivity index (χ0n) is 17.3. The third-order valence-electron chi connectivity index (χ3n) is 6.04. The van der Waals surface area contributed by atoms with E-state index in [1.165, 1.54) is 5.56 Å². The first-order valence-electron chi connectivity index (χ1n) is 10.3. The summed E-state index contributed by atoms with van der Waals surface area (Å²) in [5.41, 5.74) is 3.35. The number of anilines is 2. The molecule has 0 aliphatic carbocycles. The minimum Gasteiger partial charge on any atom is -0.367 e. The molecule has 2 aromatic heterocycles. The van der Waals surface area contributed by atoms with E-state index in [1.807, 2.05) is 54.7 Å². The molecule has 1 atom stereocenters. The van der Waals surface area contributed by atoms with Crippen LogP contribution in [0, 0.1) is 0 Å². The van der Waals surface area contributed by atoms with Gasteiger partial charge in [0.15, 0.2) is 0 Å². The lowest BCUT2D eigenvalue weighted by atomic mass is 9.96. The molecule has 4 heterocycles. The average molecular weight is 403 g/mol. The van der Waals surface area contributed by atoms with Crippen molar-refractivity contribution in [3.8, 4) is 0 Å². The smallest absolute Gasteiger partial charge is 0.262 e. The number of morpholine rings is 1. The van der Waals surface area contributed by atoms with Crippen molar-refractivity contribution in [1.82, 2.24) is 14.8 Å². The molecule has 30 heavy (non-hydrogen) atoms. The lowest BCUT2D eigenvalue weighted by molar-refractivity contribution is -0.0468. The number of nitrogens with zero attached hydrogens (tertiary/aromatic N) is 5. The van der Waals surface area contributed by atoms with Gasteiger partial charge in [-0.05, 0) is 37.1 Å². The van der Waals surface area contributed by atoms with Crippen molar-refractivity contribution in [3.05, 3.63) is 71.7 Å². The molecule has 1 saturated heterocycles. The molecule has 1 fully saturated rings. The van der Waals surface area contributed by atoms with Crippen LogP contribution in [0.25, 0.3) is 0 Å². The van der Waals surface area contributed by atoms with Gasteiger partial charge in [-0.2, -0.15) is 5.10 Å². The first kappa shape index (κ1) is 18.8. The largest absolute Gasteiger partial charge is 0.367 e. The van der Waals surface area contributed by atoms with Crippen LogP contribution in [0.5, 0.6) is 0 Å². The van der Waals surface area contributed by atoms with E-state index < -0.39 is 5.60 Å². The second-order valence-electron chi connectivity index (χ2n) is 8.11. The van der Waals surface area contributed by atoms with Gasteiger partial charge in [0.25, 0.3) is 5.91 Å². The van der Waals surface area contributed by atoms with Crippen LogP contribution >= 0.6 is 0 Å². The monoisotopic (exact) mass is 403 g/mol. The Kier molecular flexibility index (Phi) is 4.55. The number of amides is 1. The van der Waals surface area contributed by atoms with Gasteiger partial charge in [0.05, 0.1) is 24.9 Å². The number of ether oxygens (including phenoxy) is 1. The molecule has 1 aromatic carbocycles. The van der Waals surface area contributed by atoms with Crippen LogP contribution in [-0.4, -0.2) is 46.9 Å². The van der Waals surface area contributed by atoms with Gasteiger partial charge in [-0.3, -0.25) is 9.48 Å². The molecular formula is C23H25N5O2. The molecule has 7 heteroatoms. The highest BCUT2D eigenvalue weighted by Crippen LogP contribution is 2.34. The molecule has 2 aliphatic heterocycles. The molecule has 0 radical (unpaired) electrons. The normalized spacial score (nSPS) is 21.0. The summed E-state index contributed by atoms with van der Waals surface area (Å²) in [6.45, 7) is 4.61. The summed E-state index contributed by atoms with van der Waals surface area (Å²) in [5.74, 6) is 0.711. The van der Waals surface area contributed by atoms with Gasteiger partial charge in [-0.15, -0.1) is 0 Å². The molecular weight excluding hydrogens is 378 g/mol. The van der Waals surface area contributed by atoms with Crippen molar-refractivity contribution < 1.29 is 9.53 Å². The number of aryl methyl sites for hydroxylation is 1. The third-order valence-corrected chi connectivity index (χ3v) is 6.04. The summed E-state index contributed by atoms with van der Waals surface area (Å²) in [5, 5.41) is 4.30. The number of pyridine rings is 1. The van der Waals surface area contributed by atoms with Gasteiger partial charge < -0.3 is 14.5 Å². The fraction of sp³-hybridized carbons (Fsp3) is 0.348. The highest BCUT2D eigenvalue weighted by molar-refractivity contribution is 6.10. The molecule has 0 bridgehead atoms. The Morgan fingerprint density at radius 3 is 2.87 bits per heavy atom. The van der Waals surface area contributed by atoms with E-state index in [4.69, 9.17) is 4.74 Å². The minimum atomic E-state index is -0.509. The Balaban J connectivity index is 1.46. The molecule has 1 unspecified atom stereocenters. The van der Waals surface area contributed by atoms with Gasteiger partial charge in [-0.1, -0.05) is 18.2 Å². The number of para-hydroxylation sites is 1. The van der Waals surface area contributed by atoms with E-state index in [0.29, 0.717) is 37.6 Å². The molecule has 7 nitrogen and oxygen atoms in total. The van der Waals surface area contributed by atoms with Crippen molar-refractivity contribution in [3.63, 3.8) is 0 Å². The maximum Gasteiger partial charge on any atom is 0.262 e. The fourth-order valence-electron chi connectivity index (χ4n) is 4.43. The highest BCUT2D eigenvalue weighted by atomic mass is 16.5. The predicted octanol–water partition coefficient (Wildman–Crippen LogP) is 2.77. The second-order valence-corrected chi connectivity index (χ2v) is 8.11. The van der Waals surface area contributed by atoms with Crippen LogP contribution in [0.2, 0.25) is 0 Å². The number of hydrogen-bond acceptors (Lipinski definition) is 5. The molecule has 0 spiro atoms. The van der Waals surface area contributed by atoms with Crippen molar-refractivity contribution in [2.75, 3.05) is 36.0 Å². The quantitative estimate of drug-likeness (QED) is 0.673. The summed E-state index contributed by atoms with van der Waals surface area (Å²) < 4.78 is 7.93. The summed E-state index contributed by atoms with van der Waals surface area (Å²) in [6.07, 6.45) is 6.46. The number of aromatic nitrogens is 3. The number of carbonyl (C=O) groups excluding carboxylic acids is 1. The molecule has 154 valence electrons. The summed E-state index contributed by atoms with van der Waals surface area (Å²) in [4.78, 5) is 22.2. The number of benzene rings is 1. The molecule has 0 saturated carbocycles. The fourth-order valence-corrected chi connectivity index (χ4v) is 4.43. The maximum absolute atomic E-state index is 13.5. The van der Waals surface area contributed by atoms with Crippen LogP contribution in [0.4, 0.5) is 11.5 Å². The van der Waals surface area contributed by atoms with Crippen LogP contribution < -0.4 is 9.80 Å². The number of carbonyl (C=O) groups is 1. The van der Waals surface area contributed by atoms with Gasteiger partial charge in [-0.25, -0.2) is 4.98 Å². The second kappa shape index (κ2) is 7.25. The molecule has 5 rings (SSSR count). The van der Waals surface area contributed by atoms with Crippen molar-refractivity contribution in [1.29, 1.82) is 0 Å². The third kappa shape index (κ3) is 3.15. The summed E-state index contributed by atoms with van der Waals surface area (Å²) >= 11 is 0. The lowest BCUT2D eigenvalue weighted by Crippen LogP contribution is -2.49. The lowest BCUT2D eigenvalue weighted by Gasteiger charge is -2.41. The summed E-state index contributed by atoms with van der Waals surface area (Å²) in [7, 11) is 1.90. The first-order valence-corrected chi connectivity index (χ1v) is 10.3. The first-order chi connectivity index (χ1) is 14.5. The molecule has 2 aliphatic rings. The standard InChI is InChI=1S/C23H25N5O2/c1-23(18-14-25-26(2)15-18)16-27(12-13-30-23)21-19(7-5-10-24-21)22(29)28-11-9-17-6-3-4-8-20(17)28/h3-8,10,14-15H,9,11-13,16H2,1-2H3. The number of fused-ring (bicyclic) bond motifs is 1. The van der Waals surface area contributed by atoms with Crippen LogP contribution in [-0.2, 0) is 23.8 Å². The van der Waals surface area contributed by atoms with Gasteiger partial charge >= 0.3 is 0 Å². The van der Waals surface area contributed by atoms with Crippen LogP contribution in [0.3, 0.4) is 0 Å². The molecule has 3 aromatic rings. The number of rotatable bonds is 3. The predicted molar refractivity (Wildman–Crippen MR) is 115 cm³/mol. The Labute approximate surface area is 175 Å². The van der Waals surface area contributed by atoms with Crippen molar-refractivity contribution in [2.45, 2.75) is 18.9 Å². The Bertz CT molecular complexity index is 1090.